The van der Waals surface area contributed by atoms with E-state index < -0.39 is 28.5 Å². The second-order valence-electron chi connectivity index (χ2n) is 16.6. The van der Waals surface area contributed by atoms with Gasteiger partial charge >= 0.3 is 0 Å². The standard InChI is InChI=1S/C37H47NO6/c1-19(2)12-13-20-10-9-11-23-25(20)22-18-21-14-17-36(39)34(7,35(21,8)27(22)38-23)16-15-24-37(36)29(43-37)26-28(40-24)32(3,4)44-31(41-26)30-33(5,6)42-30/h9-12,15,21,26,28-31,38-39H,13-14,16-18H2,1-8H3/t21?,26?,28?,29?,30?,31?,34-,35-,36+,37?/m1/s1. The molecule has 2 N–H and O–H groups in total. The second-order valence-corrected chi connectivity index (χ2v) is 16.6. The third kappa shape index (κ3) is 3.12. The fraction of sp³-hybridized carbons (Fsp3) is 0.676. The van der Waals surface area contributed by atoms with Gasteiger partial charge in [0.25, 0.3) is 0 Å². The Morgan fingerprint density at radius 1 is 1.00 bits per heavy atom. The van der Waals surface area contributed by atoms with Gasteiger partial charge in [-0.2, -0.15) is 0 Å². The maximum absolute atomic E-state index is 13.3. The van der Waals surface area contributed by atoms with Gasteiger partial charge in [0.05, 0.1) is 5.60 Å². The van der Waals surface area contributed by atoms with Gasteiger partial charge in [0.1, 0.15) is 35.3 Å². The Morgan fingerprint density at radius 3 is 2.48 bits per heavy atom. The molecule has 5 fully saturated rings. The van der Waals surface area contributed by atoms with Gasteiger partial charge in [-0.1, -0.05) is 37.6 Å². The van der Waals surface area contributed by atoms with Crippen LogP contribution in [0.25, 0.3) is 10.9 Å². The summed E-state index contributed by atoms with van der Waals surface area (Å²) in [6, 6.07) is 6.67. The van der Waals surface area contributed by atoms with E-state index in [1.54, 1.807) is 0 Å². The van der Waals surface area contributed by atoms with E-state index in [0.29, 0.717) is 12.3 Å². The number of hydrogen-bond donors (Lipinski definition) is 2. The molecule has 10 atom stereocenters. The van der Waals surface area contributed by atoms with Crippen molar-refractivity contribution in [3.8, 4) is 0 Å². The molecular weight excluding hydrogens is 554 g/mol. The molecule has 1 aromatic heterocycles. The Labute approximate surface area is 260 Å². The van der Waals surface area contributed by atoms with Crippen LogP contribution in [0, 0.1) is 11.3 Å². The van der Waals surface area contributed by atoms with Gasteiger partial charge in [0, 0.05) is 27.4 Å². The summed E-state index contributed by atoms with van der Waals surface area (Å²) < 4.78 is 32.7. The third-order valence-electron chi connectivity index (χ3n) is 13.3. The predicted molar refractivity (Wildman–Crippen MR) is 166 cm³/mol. The van der Waals surface area contributed by atoms with Crippen LogP contribution in [0.15, 0.2) is 41.7 Å². The van der Waals surface area contributed by atoms with E-state index >= 15 is 0 Å². The van der Waals surface area contributed by atoms with E-state index in [9.17, 15) is 5.11 Å². The molecule has 0 bridgehead atoms. The van der Waals surface area contributed by atoms with Crippen molar-refractivity contribution in [2.45, 2.75) is 146 Å². The van der Waals surface area contributed by atoms with Crippen molar-refractivity contribution < 1.29 is 28.8 Å². The molecule has 4 saturated heterocycles. The summed E-state index contributed by atoms with van der Waals surface area (Å²) in [5.41, 5.74) is 3.00. The number of aromatic amines is 1. The molecule has 44 heavy (non-hydrogen) atoms. The Kier molecular flexibility index (Phi) is 5.24. The molecule has 1 saturated carbocycles. The Balaban J connectivity index is 1.13. The van der Waals surface area contributed by atoms with Crippen LogP contribution in [0.2, 0.25) is 0 Å². The van der Waals surface area contributed by atoms with Crippen molar-refractivity contribution in [3.63, 3.8) is 0 Å². The number of epoxide rings is 2. The number of ether oxygens (including phenoxy) is 5. The van der Waals surface area contributed by atoms with Crippen LogP contribution in [-0.4, -0.2) is 63.2 Å². The molecule has 1 spiro atoms. The minimum atomic E-state index is -1.12. The Hall–Kier alpha value is -2.16. The molecule has 2 aromatic rings. The molecule has 7 aliphatic rings. The summed E-state index contributed by atoms with van der Waals surface area (Å²) in [6.45, 7) is 17.3. The zero-order valence-electron chi connectivity index (χ0n) is 27.4. The van der Waals surface area contributed by atoms with Gasteiger partial charge in [-0.3, -0.25) is 0 Å². The maximum atomic E-state index is 13.3. The molecule has 7 nitrogen and oxygen atoms in total. The highest BCUT2D eigenvalue weighted by molar-refractivity contribution is 5.89. The van der Waals surface area contributed by atoms with Gasteiger partial charge in [0.15, 0.2) is 18.0 Å². The van der Waals surface area contributed by atoms with Gasteiger partial charge in [-0.15, -0.1) is 0 Å². The third-order valence-corrected chi connectivity index (χ3v) is 13.3. The van der Waals surface area contributed by atoms with Crippen molar-refractivity contribution in [2.75, 3.05) is 0 Å². The Bertz CT molecular complexity index is 1660. The minimum absolute atomic E-state index is 0.135. The van der Waals surface area contributed by atoms with E-state index in [2.05, 4.69) is 90.7 Å². The number of fused-ring (bicyclic) bond motifs is 9. The molecule has 3 aliphatic carbocycles. The monoisotopic (exact) mass is 601 g/mol. The first-order chi connectivity index (χ1) is 20.7. The fourth-order valence-electron chi connectivity index (χ4n) is 10.5. The van der Waals surface area contributed by atoms with Crippen molar-refractivity contribution in [1.29, 1.82) is 0 Å². The van der Waals surface area contributed by atoms with Crippen LogP contribution in [0.1, 0.15) is 91.5 Å². The van der Waals surface area contributed by atoms with Crippen LogP contribution >= 0.6 is 0 Å². The van der Waals surface area contributed by atoms with Crippen molar-refractivity contribution in [1.82, 2.24) is 4.98 Å². The van der Waals surface area contributed by atoms with Gasteiger partial charge < -0.3 is 33.8 Å². The molecule has 236 valence electrons. The van der Waals surface area contributed by atoms with Crippen LogP contribution in [-0.2, 0) is 41.9 Å². The summed E-state index contributed by atoms with van der Waals surface area (Å²) in [4.78, 5) is 3.93. The lowest BCUT2D eigenvalue weighted by molar-refractivity contribution is -0.332. The van der Waals surface area contributed by atoms with Crippen molar-refractivity contribution in [3.05, 3.63) is 58.5 Å². The number of nitrogens with one attached hydrogen (secondary N) is 1. The fourth-order valence-corrected chi connectivity index (χ4v) is 10.5. The summed E-state index contributed by atoms with van der Waals surface area (Å²) in [5.74, 6) is 1.21. The normalized spacial score (nSPS) is 46.7. The molecule has 1 aromatic carbocycles. The van der Waals surface area contributed by atoms with E-state index in [-0.39, 0.29) is 35.4 Å². The molecule has 4 aliphatic heterocycles. The topological polar surface area (TPSA) is 88.8 Å². The summed E-state index contributed by atoms with van der Waals surface area (Å²) in [7, 11) is 0. The number of allylic oxidation sites excluding steroid dienone is 3. The number of benzene rings is 1. The quantitative estimate of drug-likeness (QED) is 0.324. The first-order valence-electron chi connectivity index (χ1n) is 16.7. The predicted octanol–water partition coefficient (Wildman–Crippen LogP) is 6.16. The lowest BCUT2D eigenvalue weighted by Crippen LogP contribution is -2.74. The van der Waals surface area contributed by atoms with E-state index in [1.807, 2.05) is 0 Å². The molecule has 0 radical (unpaired) electrons. The SMILES string of the molecule is CC(C)=CCc1cccc2[nH]c3c(c12)CC1CC[C@@]2(O)C45OC4C4OC(C6OC6(C)C)OC(C)(C)C4OC5=CC[C@]2(C)[C@@]31C. The van der Waals surface area contributed by atoms with Crippen molar-refractivity contribution >= 4 is 10.9 Å². The van der Waals surface area contributed by atoms with E-state index in [4.69, 9.17) is 23.7 Å². The second kappa shape index (κ2) is 8.21. The van der Waals surface area contributed by atoms with Gasteiger partial charge in [-0.05, 0) is 103 Å². The zero-order chi connectivity index (χ0) is 30.8. The minimum Gasteiger partial charge on any atom is -0.486 e. The smallest absolute Gasteiger partial charge is 0.188 e. The zero-order valence-corrected chi connectivity index (χ0v) is 27.4. The number of H-pyrrole nitrogens is 1. The highest BCUT2D eigenvalue weighted by atomic mass is 16.8. The highest BCUT2D eigenvalue weighted by Crippen LogP contribution is 2.75. The van der Waals surface area contributed by atoms with Crippen LogP contribution < -0.4 is 0 Å². The highest BCUT2D eigenvalue weighted by Gasteiger charge is 2.86. The van der Waals surface area contributed by atoms with Crippen LogP contribution in [0.4, 0.5) is 0 Å². The first-order valence-corrected chi connectivity index (χ1v) is 16.7. The van der Waals surface area contributed by atoms with E-state index in [0.717, 1.165) is 31.4 Å². The summed E-state index contributed by atoms with van der Waals surface area (Å²) in [6.07, 6.45) is 7.22. The summed E-state index contributed by atoms with van der Waals surface area (Å²) in [5, 5.41) is 14.7. The molecular formula is C37H47NO6. The van der Waals surface area contributed by atoms with Gasteiger partial charge in [-0.25, -0.2) is 0 Å². The van der Waals surface area contributed by atoms with Gasteiger partial charge in [0.2, 0.25) is 0 Å². The molecule has 7 unspecified atom stereocenters. The lowest BCUT2D eigenvalue weighted by atomic mass is 9.42. The summed E-state index contributed by atoms with van der Waals surface area (Å²) >= 11 is 0. The molecule has 5 heterocycles. The van der Waals surface area contributed by atoms with Crippen molar-refractivity contribution in [2.24, 2.45) is 11.3 Å². The van der Waals surface area contributed by atoms with Crippen LogP contribution in [0.5, 0.6) is 0 Å². The largest absolute Gasteiger partial charge is 0.486 e. The number of rotatable bonds is 3. The maximum Gasteiger partial charge on any atom is 0.188 e. The number of hydrogen-bond acceptors (Lipinski definition) is 6. The molecule has 9 rings (SSSR count). The van der Waals surface area contributed by atoms with E-state index in [1.165, 1.54) is 33.3 Å². The molecule has 7 heteroatoms. The first kappa shape index (κ1) is 28.1. The average Bonchev–Trinajstić information content (AvgIpc) is 3.78. The average molecular weight is 602 g/mol. The number of aliphatic hydroxyl groups is 1. The lowest BCUT2D eigenvalue weighted by Gasteiger charge is -2.64. The Morgan fingerprint density at radius 2 is 1.75 bits per heavy atom. The van der Waals surface area contributed by atoms with Crippen LogP contribution in [0.3, 0.4) is 0 Å². The number of aromatic nitrogens is 1. The molecule has 0 amide bonds.